The van der Waals surface area contributed by atoms with Crippen LogP contribution in [-0.4, -0.2) is 11.5 Å². The lowest BCUT2D eigenvalue weighted by molar-refractivity contribution is -0.113. The smallest absolute Gasteiger partial charge is 0.176 e. The lowest BCUT2D eigenvalue weighted by atomic mass is 10.0. The molecule has 0 amide bonds. The predicted octanol–water partition coefficient (Wildman–Crippen LogP) is 5.30. The van der Waals surface area contributed by atoms with Crippen molar-refractivity contribution >= 4 is 11.5 Å². The summed E-state index contributed by atoms with van der Waals surface area (Å²) in [6, 6.07) is 0. The third-order valence-electron chi connectivity index (χ3n) is 3.43. The quantitative estimate of drug-likeness (QED) is 0.351. The average molecular weight is 253 g/mol. The van der Waals surface area contributed by atoms with Crippen LogP contribution in [0.4, 0.5) is 0 Å². The van der Waals surface area contributed by atoms with Gasteiger partial charge in [0.1, 0.15) is 0 Å². The molecular formula is C16H31NO. The van der Waals surface area contributed by atoms with Crippen molar-refractivity contribution in [1.29, 1.82) is 5.41 Å². The summed E-state index contributed by atoms with van der Waals surface area (Å²) in [6.07, 6.45) is 14.9. The van der Waals surface area contributed by atoms with Crippen molar-refractivity contribution in [3.63, 3.8) is 0 Å². The Balaban J connectivity index is 3.07. The number of ketones is 1. The fourth-order valence-electron chi connectivity index (χ4n) is 2.14. The van der Waals surface area contributed by atoms with E-state index >= 15 is 0 Å². The standard InChI is InChI=1S/C16H31NO/c1-3-4-5-6-7-8-9-10-11-12-13-14-16(18)15(2)17/h17H,3-14H2,1-2H3. The van der Waals surface area contributed by atoms with Crippen molar-refractivity contribution in [3.8, 4) is 0 Å². The van der Waals surface area contributed by atoms with Gasteiger partial charge in [-0.1, -0.05) is 71.1 Å². The van der Waals surface area contributed by atoms with Gasteiger partial charge in [0.2, 0.25) is 0 Å². The summed E-state index contributed by atoms with van der Waals surface area (Å²) in [5, 5.41) is 7.19. The molecule has 0 aliphatic rings. The highest BCUT2D eigenvalue weighted by atomic mass is 16.1. The molecule has 0 saturated heterocycles. The van der Waals surface area contributed by atoms with Gasteiger partial charge in [-0.05, 0) is 13.3 Å². The minimum atomic E-state index is 0.0194. The van der Waals surface area contributed by atoms with Crippen LogP contribution in [0.2, 0.25) is 0 Å². The summed E-state index contributed by atoms with van der Waals surface area (Å²) >= 11 is 0. The SMILES string of the molecule is CCCCCCCCCCCCCC(=O)C(C)=N. The lowest BCUT2D eigenvalue weighted by Crippen LogP contribution is -2.07. The summed E-state index contributed by atoms with van der Waals surface area (Å²) < 4.78 is 0. The van der Waals surface area contributed by atoms with Crippen LogP contribution in [-0.2, 0) is 4.79 Å². The van der Waals surface area contributed by atoms with Crippen molar-refractivity contribution in [2.45, 2.75) is 90.9 Å². The maximum atomic E-state index is 11.2. The topological polar surface area (TPSA) is 40.9 Å². The van der Waals surface area contributed by atoms with Crippen molar-refractivity contribution in [2.24, 2.45) is 0 Å². The van der Waals surface area contributed by atoms with Gasteiger partial charge in [-0.15, -0.1) is 0 Å². The zero-order valence-corrected chi connectivity index (χ0v) is 12.4. The van der Waals surface area contributed by atoms with E-state index in [1.807, 2.05) is 0 Å². The van der Waals surface area contributed by atoms with Gasteiger partial charge in [0.05, 0.1) is 5.71 Å². The number of rotatable bonds is 13. The van der Waals surface area contributed by atoms with E-state index in [0.717, 1.165) is 12.8 Å². The van der Waals surface area contributed by atoms with Crippen LogP contribution in [0.15, 0.2) is 0 Å². The fraction of sp³-hybridized carbons (Fsp3) is 0.875. The summed E-state index contributed by atoms with van der Waals surface area (Å²) in [6.45, 7) is 3.84. The van der Waals surface area contributed by atoms with E-state index < -0.39 is 0 Å². The van der Waals surface area contributed by atoms with E-state index in [1.54, 1.807) is 6.92 Å². The van der Waals surface area contributed by atoms with Crippen molar-refractivity contribution in [2.75, 3.05) is 0 Å². The Labute approximate surface area is 113 Å². The van der Waals surface area contributed by atoms with Crippen LogP contribution < -0.4 is 0 Å². The first kappa shape index (κ1) is 17.3. The van der Waals surface area contributed by atoms with Crippen LogP contribution in [0.1, 0.15) is 90.9 Å². The molecule has 18 heavy (non-hydrogen) atoms. The van der Waals surface area contributed by atoms with Crippen LogP contribution in [0.3, 0.4) is 0 Å². The molecule has 0 bridgehead atoms. The summed E-state index contributed by atoms with van der Waals surface area (Å²) in [4.78, 5) is 11.2. The van der Waals surface area contributed by atoms with Gasteiger partial charge in [0.25, 0.3) is 0 Å². The van der Waals surface area contributed by atoms with Gasteiger partial charge in [0, 0.05) is 6.42 Å². The molecule has 0 aromatic heterocycles. The molecule has 2 nitrogen and oxygen atoms in total. The van der Waals surface area contributed by atoms with E-state index in [-0.39, 0.29) is 11.5 Å². The maximum Gasteiger partial charge on any atom is 0.176 e. The van der Waals surface area contributed by atoms with Gasteiger partial charge in [-0.3, -0.25) is 4.79 Å². The minimum Gasteiger partial charge on any atom is -0.302 e. The van der Waals surface area contributed by atoms with E-state index in [0.29, 0.717) is 6.42 Å². The Bertz CT molecular complexity index is 223. The van der Waals surface area contributed by atoms with Crippen LogP contribution in [0.25, 0.3) is 0 Å². The van der Waals surface area contributed by atoms with Gasteiger partial charge in [-0.25, -0.2) is 0 Å². The Morgan fingerprint density at radius 1 is 0.778 bits per heavy atom. The number of hydrogen-bond acceptors (Lipinski definition) is 2. The Hall–Kier alpha value is -0.660. The molecule has 0 unspecified atom stereocenters. The molecule has 106 valence electrons. The second-order valence-corrected chi connectivity index (χ2v) is 5.33. The third-order valence-corrected chi connectivity index (χ3v) is 3.43. The van der Waals surface area contributed by atoms with Crippen molar-refractivity contribution in [3.05, 3.63) is 0 Å². The second-order valence-electron chi connectivity index (χ2n) is 5.33. The Morgan fingerprint density at radius 3 is 1.56 bits per heavy atom. The molecule has 1 N–H and O–H groups in total. The number of unbranched alkanes of at least 4 members (excludes halogenated alkanes) is 10. The zero-order valence-electron chi connectivity index (χ0n) is 12.4. The van der Waals surface area contributed by atoms with Crippen LogP contribution in [0.5, 0.6) is 0 Å². The molecule has 0 aliphatic carbocycles. The predicted molar refractivity (Wildman–Crippen MR) is 79.5 cm³/mol. The van der Waals surface area contributed by atoms with E-state index in [9.17, 15) is 4.79 Å². The molecule has 2 heteroatoms. The molecule has 0 radical (unpaired) electrons. The first-order chi connectivity index (χ1) is 8.68. The fourth-order valence-corrected chi connectivity index (χ4v) is 2.14. The number of carbonyl (C=O) groups is 1. The molecule has 0 atom stereocenters. The molecule has 0 rings (SSSR count). The molecule has 0 spiro atoms. The lowest BCUT2D eigenvalue weighted by Gasteiger charge is -2.02. The highest BCUT2D eigenvalue weighted by molar-refractivity contribution is 6.37. The number of hydrogen-bond donors (Lipinski definition) is 1. The van der Waals surface area contributed by atoms with Crippen molar-refractivity contribution < 1.29 is 4.79 Å². The van der Waals surface area contributed by atoms with Gasteiger partial charge in [-0.2, -0.15) is 0 Å². The number of nitrogens with one attached hydrogen (secondary N) is 1. The molecule has 0 aromatic rings. The Morgan fingerprint density at radius 2 is 1.17 bits per heavy atom. The van der Waals surface area contributed by atoms with Crippen LogP contribution >= 0.6 is 0 Å². The molecular weight excluding hydrogens is 222 g/mol. The monoisotopic (exact) mass is 253 g/mol. The van der Waals surface area contributed by atoms with E-state index in [1.165, 1.54) is 57.8 Å². The van der Waals surface area contributed by atoms with Crippen LogP contribution in [0, 0.1) is 5.41 Å². The highest BCUT2D eigenvalue weighted by Crippen LogP contribution is 2.11. The van der Waals surface area contributed by atoms with E-state index in [4.69, 9.17) is 5.41 Å². The summed E-state index contributed by atoms with van der Waals surface area (Å²) in [5.74, 6) is 0.0194. The number of carbonyl (C=O) groups excluding carboxylic acids is 1. The highest BCUT2D eigenvalue weighted by Gasteiger charge is 2.02. The third kappa shape index (κ3) is 11.8. The maximum absolute atomic E-state index is 11.2. The average Bonchev–Trinajstić information content (AvgIpc) is 2.35. The van der Waals surface area contributed by atoms with E-state index in [2.05, 4.69) is 6.92 Å². The van der Waals surface area contributed by atoms with Gasteiger partial charge in [0.15, 0.2) is 5.78 Å². The molecule has 0 aromatic carbocycles. The van der Waals surface area contributed by atoms with Gasteiger partial charge >= 0.3 is 0 Å². The molecule has 0 aliphatic heterocycles. The molecule has 0 fully saturated rings. The molecule has 0 heterocycles. The second kappa shape index (κ2) is 12.8. The summed E-state index contributed by atoms with van der Waals surface area (Å²) in [7, 11) is 0. The Kier molecular flexibility index (Phi) is 12.3. The zero-order chi connectivity index (χ0) is 13.6. The van der Waals surface area contributed by atoms with Gasteiger partial charge < -0.3 is 5.41 Å². The largest absolute Gasteiger partial charge is 0.302 e. The number of Topliss-reactive ketones (excluding diaryl/α,β-unsaturated/α-hetero) is 1. The first-order valence-electron chi connectivity index (χ1n) is 7.76. The molecule has 0 saturated carbocycles. The van der Waals surface area contributed by atoms with Crippen molar-refractivity contribution in [1.82, 2.24) is 0 Å². The minimum absolute atomic E-state index is 0.0194. The summed E-state index contributed by atoms with van der Waals surface area (Å²) in [5.41, 5.74) is 0.210. The normalized spacial score (nSPS) is 10.6. The first-order valence-corrected chi connectivity index (χ1v) is 7.76.